The van der Waals surface area contributed by atoms with Crippen molar-refractivity contribution in [3.05, 3.63) is 40.2 Å². The van der Waals surface area contributed by atoms with Gasteiger partial charge in [0.05, 0.1) is 12.7 Å². The normalized spacial score (nSPS) is 12.8. The molecular formula is C12H16N2O2S. The summed E-state index contributed by atoms with van der Waals surface area (Å²) < 4.78 is 5.45. The fourth-order valence-corrected chi connectivity index (χ4v) is 2.20. The molecule has 0 radical (unpaired) electrons. The molecule has 0 aliphatic carbocycles. The molecule has 17 heavy (non-hydrogen) atoms. The molecule has 2 heterocycles. The second-order valence-electron chi connectivity index (χ2n) is 3.74. The van der Waals surface area contributed by atoms with E-state index in [0.29, 0.717) is 19.0 Å². The first-order valence-corrected chi connectivity index (χ1v) is 6.53. The zero-order valence-electron chi connectivity index (χ0n) is 9.72. The predicted octanol–water partition coefficient (Wildman–Crippen LogP) is 2.12. The maximum atomic E-state index is 9.84. The van der Waals surface area contributed by atoms with Gasteiger partial charge in [-0.15, -0.1) is 11.3 Å². The molecule has 0 aliphatic rings. The number of nitrogens with zero attached hydrogens (tertiary/aromatic N) is 1. The van der Waals surface area contributed by atoms with Crippen LogP contribution in [0.5, 0.6) is 0 Å². The lowest BCUT2D eigenvalue weighted by Crippen LogP contribution is -2.20. The molecule has 0 aliphatic heterocycles. The smallest absolute Gasteiger partial charge is 0.208 e. The van der Waals surface area contributed by atoms with Crippen LogP contribution in [-0.4, -0.2) is 16.6 Å². The maximum absolute atomic E-state index is 9.84. The zero-order valence-corrected chi connectivity index (χ0v) is 10.5. The molecule has 0 bridgehead atoms. The van der Waals surface area contributed by atoms with Crippen LogP contribution in [0.1, 0.15) is 29.6 Å². The topological polar surface area (TPSA) is 58.3 Å². The maximum Gasteiger partial charge on any atom is 0.208 e. The third kappa shape index (κ3) is 3.39. The number of rotatable bonds is 6. The second kappa shape index (κ2) is 5.95. The van der Waals surface area contributed by atoms with Crippen LogP contribution >= 0.6 is 11.3 Å². The average Bonchev–Trinajstić information content (AvgIpc) is 3.00. The molecular weight excluding hydrogens is 236 g/mol. The van der Waals surface area contributed by atoms with Crippen molar-refractivity contribution in [3.8, 4) is 0 Å². The van der Waals surface area contributed by atoms with Gasteiger partial charge in [-0.1, -0.05) is 13.0 Å². The van der Waals surface area contributed by atoms with Crippen LogP contribution in [-0.2, 0) is 13.0 Å². The average molecular weight is 252 g/mol. The molecule has 92 valence electrons. The highest BCUT2D eigenvalue weighted by Crippen LogP contribution is 2.17. The summed E-state index contributed by atoms with van der Waals surface area (Å²) in [6.07, 6.45) is 2.13. The predicted molar refractivity (Wildman–Crippen MR) is 66.9 cm³/mol. The first-order chi connectivity index (χ1) is 8.29. The number of thiophene rings is 1. The Hall–Kier alpha value is -1.17. The molecule has 0 spiro atoms. The largest absolute Gasteiger partial charge is 0.444 e. The Morgan fingerprint density at radius 3 is 3.12 bits per heavy atom. The van der Waals surface area contributed by atoms with Crippen LogP contribution in [0.25, 0.3) is 0 Å². The van der Waals surface area contributed by atoms with Gasteiger partial charge in [-0.3, -0.25) is 0 Å². The van der Waals surface area contributed by atoms with E-state index in [9.17, 15) is 5.11 Å². The Morgan fingerprint density at radius 2 is 2.47 bits per heavy atom. The highest BCUT2D eigenvalue weighted by atomic mass is 32.1. The molecule has 2 aromatic heterocycles. The number of hydrogen-bond donors (Lipinski definition) is 2. The van der Waals surface area contributed by atoms with E-state index in [1.807, 2.05) is 24.4 Å². The quantitative estimate of drug-likeness (QED) is 0.827. The lowest BCUT2D eigenvalue weighted by atomic mass is 10.3. The summed E-state index contributed by atoms with van der Waals surface area (Å²) in [4.78, 5) is 5.11. The minimum Gasteiger partial charge on any atom is -0.444 e. The van der Waals surface area contributed by atoms with Gasteiger partial charge in [0.2, 0.25) is 5.89 Å². The third-order valence-electron chi connectivity index (χ3n) is 2.44. The molecule has 4 nitrogen and oxygen atoms in total. The fourth-order valence-electron chi connectivity index (χ4n) is 1.49. The minimum atomic E-state index is -0.462. The standard InChI is InChI=1S/C12H16N2O2S/c1-2-9-6-14-12(16-9)8-13-7-10(15)11-4-3-5-17-11/h3-6,10,13,15H,2,7-8H2,1H3. The monoisotopic (exact) mass is 252 g/mol. The zero-order chi connectivity index (χ0) is 12.1. The van der Waals surface area contributed by atoms with Gasteiger partial charge < -0.3 is 14.8 Å². The number of aryl methyl sites for hydroxylation is 1. The van der Waals surface area contributed by atoms with E-state index >= 15 is 0 Å². The SMILES string of the molecule is CCc1cnc(CNCC(O)c2cccs2)o1. The van der Waals surface area contributed by atoms with E-state index in [-0.39, 0.29) is 0 Å². The molecule has 2 aromatic rings. The van der Waals surface area contributed by atoms with Crippen LogP contribution < -0.4 is 5.32 Å². The van der Waals surface area contributed by atoms with Crippen molar-refractivity contribution in [2.75, 3.05) is 6.54 Å². The van der Waals surface area contributed by atoms with Crippen molar-refractivity contribution in [1.82, 2.24) is 10.3 Å². The van der Waals surface area contributed by atoms with Crippen molar-refractivity contribution in [2.24, 2.45) is 0 Å². The summed E-state index contributed by atoms with van der Waals surface area (Å²) in [7, 11) is 0. The highest BCUT2D eigenvalue weighted by molar-refractivity contribution is 7.10. The van der Waals surface area contributed by atoms with Gasteiger partial charge >= 0.3 is 0 Å². The van der Waals surface area contributed by atoms with Crippen molar-refractivity contribution in [3.63, 3.8) is 0 Å². The van der Waals surface area contributed by atoms with Gasteiger partial charge in [-0.25, -0.2) is 4.98 Å². The van der Waals surface area contributed by atoms with Crippen molar-refractivity contribution in [1.29, 1.82) is 0 Å². The summed E-state index contributed by atoms with van der Waals surface area (Å²) in [5, 5.41) is 14.9. The number of aliphatic hydroxyl groups excluding tert-OH is 1. The first kappa shape index (κ1) is 12.3. The lowest BCUT2D eigenvalue weighted by molar-refractivity contribution is 0.176. The Labute approximate surface area is 104 Å². The Kier molecular flexibility index (Phi) is 4.30. The number of oxazole rings is 1. The van der Waals surface area contributed by atoms with Gasteiger partial charge in [-0.05, 0) is 11.4 Å². The molecule has 0 saturated heterocycles. The highest BCUT2D eigenvalue weighted by Gasteiger charge is 2.08. The summed E-state index contributed by atoms with van der Waals surface area (Å²) >= 11 is 1.56. The van der Waals surface area contributed by atoms with Crippen LogP contribution in [0.4, 0.5) is 0 Å². The van der Waals surface area contributed by atoms with E-state index in [1.165, 1.54) is 0 Å². The molecule has 2 N–H and O–H groups in total. The Bertz CT molecular complexity index is 439. The van der Waals surface area contributed by atoms with E-state index in [1.54, 1.807) is 17.5 Å². The molecule has 5 heteroatoms. The number of nitrogens with one attached hydrogen (secondary N) is 1. The molecule has 2 rings (SSSR count). The number of hydrogen-bond acceptors (Lipinski definition) is 5. The van der Waals surface area contributed by atoms with Gasteiger partial charge in [0.1, 0.15) is 11.9 Å². The minimum absolute atomic E-state index is 0.462. The van der Waals surface area contributed by atoms with E-state index in [0.717, 1.165) is 17.1 Å². The molecule has 0 saturated carbocycles. The van der Waals surface area contributed by atoms with E-state index < -0.39 is 6.10 Å². The molecule has 0 aromatic carbocycles. The second-order valence-corrected chi connectivity index (χ2v) is 4.72. The van der Waals surface area contributed by atoms with E-state index in [2.05, 4.69) is 10.3 Å². The van der Waals surface area contributed by atoms with E-state index in [4.69, 9.17) is 4.42 Å². The van der Waals surface area contributed by atoms with Gasteiger partial charge in [0.25, 0.3) is 0 Å². The van der Waals surface area contributed by atoms with Crippen LogP contribution in [0.2, 0.25) is 0 Å². The number of aliphatic hydroxyl groups is 1. The molecule has 1 atom stereocenters. The van der Waals surface area contributed by atoms with Gasteiger partial charge in [-0.2, -0.15) is 0 Å². The summed E-state index contributed by atoms with van der Waals surface area (Å²) in [5.74, 6) is 1.56. The third-order valence-corrected chi connectivity index (χ3v) is 3.41. The lowest BCUT2D eigenvalue weighted by Gasteiger charge is -2.08. The van der Waals surface area contributed by atoms with Crippen molar-refractivity contribution in [2.45, 2.75) is 26.0 Å². The van der Waals surface area contributed by atoms with Crippen molar-refractivity contribution < 1.29 is 9.52 Å². The molecule has 0 fully saturated rings. The fraction of sp³-hybridized carbons (Fsp3) is 0.417. The van der Waals surface area contributed by atoms with Crippen LogP contribution in [0.3, 0.4) is 0 Å². The van der Waals surface area contributed by atoms with Crippen molar-refractivity contribution >= 4 is 11.3 Å². The Morgan fingerprint density at radius 1 is 1.59 bits per heavy atom. The molecule has 0 amide bonds. The van der Waals surface area contributed by atoms with Gasteiger partial charge in [0, 0.05) is 17.8 Å². The summed E-state index contributed by atoms with van der Waals surface area (Å²) in [6, 6.07) is 3.86. The van der Waals surface area contributed by atoms with Crippen LogP contribution in [0, 0.1) is 0 Å². The number of aromatic nitrogens is 1. The van der Waals surface area contributed by atoms with Crippen LogP contribution in [0.15, 0.2) is 28.1 Å². The Balaban J connectivity index is 1.76. The first-order valence-electron chi connectivity index (χ1n) is 5.65. The summed E-state index contributed by atoms with van der Waals surface area (Å²) in [5.41, 5.74) is 0. The molecule has 1 unspecified atom stereocenters. The summed E-state index contributed by atoms with van der Waals surface area (Å²) in [6.45, 7) is 3.07. The van der Waals surface area contributed by atoms with Gasteiger partial charge in [0.15, 0.2) is 0 Å².